The third kappa shape index (κ3) is 3.30. The van der Waals surface area contributed by atoms with E-state index >= 15 is 0 Å². The summed E-state index contributed by atoms with van der Waals surface area (Å²) in [6, 6.07) is 10.8. The fraction of sp³-hybridized carbons (Fsp3) is 0.211. The molecule has 3 aromatic rings. The predicted octanol–water partition coefficient (Wildman–Crippen LogP) is 3.51. The molecule has 0 fully saturated rings. The topological polar surface area (TPSA) is 96.2 Å². The van der Waals surface area contributed by atoms with Crippen molar-refractivity contribution in [3.05, 3.63) is 69.3 Å². The van der Waals surface area contributed by atoms with Gasteiger partial charge >= 0.3 is 5.97 Å². The van der Waals surface area contributed by atoms with E-state index in [4.69, 9.17) is 9.52 Å². The zero-order valence-electron chi connectivity index (χ0n) is 13.8. The number of aromatic amines is 1. The van der Waals surface area contributed by atoms with Crippen LogP contribution in [0.5, 0.6) is 0 Å². The second-order valence-corrected chi connectivity index (χ2v) is 7.07. The smallest absolute Gasteiger partial charge is 0.371 e. The van der Waals surface area contributed by atoms with Gasteiger partial charge in [0.25, 0.3) is 5.56 Å². The molecule has 2 heterocycles. The van der Waals surface area contributed by atoms with E-state index in [1.807, 2.05) is 24.3 Å². The summed E-state index contributed by atoms with van der Waals surface area (Å²) in [6.45, 7) is 0. The number of carbonyl (C=O) groups is 1. The van der Waals surface area contributed by atoms with Crippen molar-refractivity contribution in [1.82, 2.24) is 9.97 Å². The number of furan rings is 1. The van der Waals surface area contributed by atoms with E-state index in [1.54, 1.807) is 6.07 Å². The van der Waals surface area contributed by atoms with Gasteiger partial charge in [-0.3, -0.25) is 4.79 Å². The normalized spacial score (nSPS) is 12.9. The standard InChI is InChI=1S/C19H16N2O4S/c22-17-13-2-1-3-14(13)20-19(21-17)26-10-11-4-6-12(7-5-11)15-8-9-16(25-15)18(23)24/h4-9H,1-3,10H2,(H,23,24)(H,20,21,22). The number of aromatic nitrogens is 2. The Balaban J connectivity index is 1.45. The van der Waals surface area contributed by atoms with E-state index < -0.39 is 5.97 Å². The molecule has 1 aliphatic carbocycles. The maximum absolute atomic E-state index is 12.0. The number of thioether (sulfide) groups is 1. The molecule has 0 aliphatic heterocycles. The minimum absolute atomic E-state index is 0.0163. The lowest BCUT2D eigenvalue weighted by Gasteiger charge is -2.05. The van der Waals surface area contributed by atoms with Crippen molar-refractivity contribution >= 4 is 17.7 Å². The first-order valence-electron chi connectivity index (χ1n) is 8.27. The quantitative estimate of drug-likeness (QED) is 0.528. The number of nitrogens with zero attached hydrogens (tertiary/aromatic N) is 1. The molecule has 6 nitrogen and oxygen atoms in total. The first kappa shape index (κ1) is 16.7. The largest absolute Gasteiger partial charge is 0.475 e. The van der Waals surface area contributed by atoms with Gasteiger partial charge in [-0.2, -0.15) is 0 Å². The summed E-state index contributed by atoms with van der Waals surface area (Å²) in [5, 5.41) is 9.57. The Morgan fingerprint density at radius 1 is 1.19 bits per heavy atom. The third-order valence-corrected chi connectivity index (χ3v) is 5.30. The van der Waals surface area contributed by atoms with E-state index in [0.29, 0.717) is 16.7 Å². The second-order valence-electron chi connectivity index (χ2n) is 6.10. The molecule has 0 saturated carbocycles. The second kappa shape index (κ2) is 6.84. The summed E-state index contributed by atoms with van der Waals surface area (Å²) in [5.41, 5.74) is 3.64. The number of benzene rings is 1. The number of rotatable bonds is 5. The molecule has 4 rings (SSSR count). The highest BCUT2D eigenvalue weighted by molar-refractivity contribution is 7.98. The third-order valence-electron chi connectivity index (χ3n) is 4.35. The van der Waals surface area contributed by atoms with Gasteiger partial charge in [-0.25, -0.2) is 9.78 Å². The number of nitrogens with one attached hydrogen (secondary N) is 1. The molecule has 0 bridgehead atoms. The van der Waals surface area contributed by atoms with Crippen LogP contribution in [0.25, 0.3) is 11.3 Å². The molecule has 0 atom stereocenters. The maximum Gasteiger partial charge on any atom is 0.371 e. The monoisotopic (exact) mass is 368 g/mol. The molecular weight excluding hydrogens is 352 g/mol. The summed E-state index contributed by atoms with van der Waals surface area (Å²) in [4.78, 5) is 30.3. The summed E-state index contributed by atoms with van der Waals surface area (Å²) in [5.74, 6) is 0.0400. The van der Waals surface area contributed by atoms with Crippen molar-refractivity contribution in [3.63, 3.8) is 0 Å². The van der Waals surface area contributed by atoms with E-state index in [0.717, 1.165) is 41.6 Å². The molecule has 132 valence electrons. The Morgan fingerprint density at radius 3 is 2.73 bits per heavy atom. The van der Waals surface area contributed by atoms with Crippen LogP contribution in [0.1, 0.15) is 33.8 Å². The van der Waals surface area contributed by atoms with Gasteiger partial charge in [0.05, 0.1) is 5.69 Å². The summed E-state index contributed by atoms with van der Waals surface area (Å²) in [7, 11) is 0. The number of H-pyrrole nitrogens is 1. The lowest BCUT2D eigenvalue weighted by molar-refractivity contribution is 0.0663. The van der Waals surface area contributed by atoms with Crippen molar-refractivity contribution in [3.8, 4) is 11.3 Å². The Bertz CT molecular complexity index is 1020. The van der Waals surface area contributed by atoms with Crippen molar-refractivity contribution in [2.75, 3.05) is 0 Å². The highest BCUT2D eigenvalue weighted by Gasteiger charge is 2.17. The molecule has 26 heavy (non-hydrogen) atoms. The van der Waals surface area contributed by atoms with Crippen molar-refractivity contribution in [2.45, 2.75) is 30.2 Å². The molecule has 2 aromatic heterocycles. The lowest BCUT2D eigenvalue weighted by atomic mass is 10.1. The van der Waals surface area contributed by atoms with Gasteiger partial charge in [-0.15, -0.1) is 0 Å². The average molecular weight is 368 g/mol. The van der Waals surface area contributed by atoms with Crippen LogP contribution in [-0.2, 0) is 18.6 Å². The van der Waals surface area contributed by atoms with Gasteiger partial charge in [0.15, 0.2) is 5.16 Å². The Morgan fingerprint density at radius 2 is 2.00 bits per heavy atom. The molecule has 1 aromatic carbocycles. The zero-order valence-corrected chi connectivity index (χ0v) is 14.6. The van der Waals surface area contributed by atoms with Gasteiger partial charge in [0.2, 0.25) is 5.76 Å². The molecule has 0 spiro atoms. The number of carboxylic acids is 1. The van der Waals surface area contributed by atoms with E-state index in [-0.39, 0.29) is 11.3 Å². The van der Waals surface area contributed by atoms with Crippen LogP contribution >= 0.6 is 11.8 Å². The van der Waals surface area contributed by atoms with Gasteiger partial charge in [-0.05, 0) is 37.0 Å². The van der Waals surface area contributed by atoms with Crippen molar-refractivity contribution < 1.29 is 14.3 Å². The van der Waals surface area contributed by atoms with Gasteiger partial charge in [0, 0.05) is 16.9 Å². The van der Waals surface area contributed by atoms with Crippen LogP contribution in [0, 0.1) is 0 Å². The molecule has 2 N–H and O–H groups in total. The highest BCUT2D eigenvalue weighted by Crippen LogP contribution is 2.26. The number of carboxylic acid groups (broad SMARTS) is 1. The number of aromatic carboxylic acids is 1. The Hall–Kier alpha value is -2.80. The summed E-state index contributed by atoms with van der Waals surface area (Å²) < 4.78 is 5.30. The molecule has 1 aliphatic rings. The minimum atomic E-state index is -1.08. The van der Waals surface area contributed by atoms with Gasteiger partial charge < -0.3 is 14.5 Å². The number of hydrogen-bond donors (Lipinski definition) is 2. The molecular formula is C19H16N2O4S. The van der Waals surface area contributed by atoms with Crippen LogP contribution in [0.15, 0.2) is 50.8 Å². The molecule has 0 amide bonds. The average Bonchev–Trinajstić information content (AvgIpc) is 3.30. The number of fused-ring (bicyclic) bond motifs is 1. The number of hydrogen-bond acceptors (Lipinski definition) is 5. The fourth-order valence-corrected chi connectivity index (χ4v) is 3.85. The SMILES string of the molecule is O=C(O)c1ccc(-c2ccc(CSc3nc4c(c(=O)[nH]3)CCC4)cc2)o1. The number of aryl methyl sites for hydroxylation is 1. The van der Waals surface area contributed by atoms with Crippen LogP contribution in [0.2, 0.25) is 0 Å². The van der Waals surface area contributed by atoms with E-state index in [9.17, 15) is 9.59 Å². The maximum atomic E-state index is 12.0. The molecule has 0 saturated heterocycles. The predicted molar refractivity (Wildman–Crippen MR) is 97.5 cm³/mol. The van der Waals surface area contributed by atoms with Crippen molar-refractivity contribution in [1.29, 1.82) is 0 Å². The van der Waals surface area contributed by atoms with Crippen LogP contribution in [-0.4, -0.2) is 21.0 Å². The zero-order chi connectivity index (χ0) is 18.1. The van der Waals surface area contributed by atoms with E-state index in [2.05, 4.69) is 9.97 Å². The van der Waals surface area contributed by atoms with Gasteiger partial charge in [-0.1, -0.05) is 36.0 Å². The summed E-state index contributed by atoms with van der Waals surface area (Å²) >= 11 is 1.50. The first-order chi connectivity index (χ1) is 12.6. The van der Waals surface area contributed by atoms with E-state index in [1.165, 1.54) is 17.8 Å². The minimum Gasteiger partial charge on any atom is -0.475 e. The Kier molecular flexibility index (Phi) is 4.38. The molecule has 7 heteroatoms. The lowest BCUT2D eigenvalue weighted by Crippen LogP contribution is -2.14. The van der Waals surface area contributed by atoms with Crippen LogP contribution in [0.4, 0.5) is 0 Å². The molecule has 0 unspecified atom stereocenters. The summed E-state index contributed by atoms with van der Waals surface area (Å²) in [6.07, 6.45) is 2.70. The van der Waals surface area contributed by atoms with Crippen LogP contribution < -0.4 is 5.56 Å². The highest BCUT2D eigenvalue weighted by atomic mass is 32.2. The van der Waals surface area contributed by atoms with Gasteiger partial charge in [0.1, 0.15) is 5.76 Å². The Labute approximate surface area is 153 Å². The first-order valence-corrected chi connectivity index (χ1v) is 9.26. The van der Waals surface area contributed by atoms with Crippen molar-refractivity contribution in [2.24, 2.45) is 0 Å². The fourth-order valence-electron chi connectivity index (χ4n) is 3.01. The van der Waals surface area contributed by atoms with Crippen LogP contribution in [0.3, 0.4) is 0 Å². The molecule has 0 radical (unpaired) electrons.